The quantitative estimate of drug-likeness (QED) is 0.904. The van der Waals surface area contributed by atoms with Crippen molar-refractivity contribution in [2.75, 3.05) is 19.6 Å². The Morgan fingerprint density at radius 2 is 1.89 bits per heavy atom. The normalized spacial score (nSPS) is 16.6. The van der Waals surface area contributed by atoms with Gasteiger partial charge in [-0.25, -0.2) is 0 Å². The van der Waals surface area contributed by atoms with Gasteiger partial charge in [-0.1, -0.05) is 19.1 Å². The summed E-state index contributed by atoms with van der Waals surface area (Å²) in [6.45, 7) is 4.63. The second kappa shape index (κ2) is 6.71. The second-order valence-corrected chi connectivity index (χ2v) is 5.36. The van der Waals surface area contributed by atoms with Gasteiger partial charge in [-0.2, -0.15) is 0 Å². The number of rotatable bonds is 4. The molecule has 0 atom stereocenters. The van der Waals surface area contributed by atoms with Gasteiger partial charge in [0.2, 0.25) is 0 Å². The maximum Gasteiger partial charge on any atom is 0.253 e. The Bertz CT molecular complexity index is 405. The lowest BCUT2D eigenvalue weighted by Crippen LogP contribution is -2.38. The van der Waals surface area contributed by atoms with Crippen molar-refractivity contribution < 1.29 is 4.79 Å². The predicted octanol–water partition coefficient (Wildman–Crippen LogP) is 2.45. The lowest BCUT2D eigenvalue weighted by molar-refractivity contribution is 0.0688. The van der Waals surface area contributed by atoms with Crippen molar-refractivity contribution in [2.24, 2.45) is 11.7 Å². The highest BCUT2D eigenvalue weighted by molar-refractivity contribution is 5.94. The van der Waals surface area contributed by atoms with Crippen molar-refractivity contribution in [3.8, 4) is 0 Å². The number of aryl methyl sites for hydroxylation is 1. The van der Waals surface area contributed by atoms with Gasteiger partial charge in [0.05, 0.1) is 0 Å². The molecular weight excluding hydrogens is 236 g/mol. The molecule has 0 bridgehead atoms. The topological polar surface area (TPSA) is 46.3 Å². The Kier molecular flexibility index (Phi) is 4.97. The van der Waals surface area contributed by atoms with Gasteiger partial charge in [-0.3, -0.25) is 4.79 Å². The van der Waals surface area contributed by atoms with Crippen LogP contribution in [0.25, 0.3) is 0 Å². The molecule has 1 fully saturated rings. The highest BCUT2D eigenvalue weighted by Crippen LogP contribution is 2.21. The van der Waals surface area contributed by atoms with E-state index in [1.807, 2.05) is 17.0 Å². The maximum atomic E-state index is 12.4. The molecule has 0 unspecified atom stereocenters. The number of amides is 1. The van der Waals surface area contributed by atoms with Crippen LogP contribution in [0.3, 0.4) is 0 Å². The Hall–Kier alpha value is -1.35. The number of piperidine rings is 1. The van der Waals surface area contributed by atoms with Gasteiger partial charge in [0.1, 0.15) is 0 Å². The zero-order valence-corrected chi connectivity index (χ0v) is 11.8. The minimum Gasteiger partial charge on any atom is -0.339 e. The lowest BCUT2D eigenvalue weighted by atomic mass is 9.93. The predicted molar refractivity (Wildman–Crippen MR) is 78.1 cm³/mol. The summed E-state index contributed by atoms with van der Waals surface area (Å²) in [5, 5.41) is 0. The number of carbonyl (C=O) groups is 1. The lowest BCUT2D eigenvalue weighted by Gasteiger charge is -2.32. The van der Waals surface area contributed by atoms with Crippen LogP contribution in [-0.4, -0.2) is 30.4 Å². The van der Waals surface area contributed by atoms with Gasteiger partial charge in [-0.15, -0.1) is 0 Å². The Labute approximate surface area is 115 Å². The molecule has 19 heavy (non-hydrogen) atoms. The summed E-state index contributed by atoms with van der Waals surface area (Å²) in [6.07, 6.45) is 4.29. The Morgan fingerprint density at radius 3 is 2.42 bits per heavy atom. The van der Waals surface area contributed by atoms with Crippen LogP contribution in [0.2, 0.25) is 0 Å². The van der Waals surface area contributed by atoms with Crippen LogP contribution >= 0.6 is 0 Å². The standard InChI is InChI=1S/C16H24N2O/c1-2-13-3-5-15(6-4-13)16(19)18-11-8-14(7-10-17)9-12-18/h3-6,14H,2,7-12,17H2,1H3. The Balaban J connectivity index is 1.93. The first kappa shape index (κ1) is 14.1. The number of hydrogen-bond donors (Lipinski definition) is 1. The molecule has 1 amide bonds. The fourth-order valence-electron chi connectivity index (χ4n) is 2.73. The summed E-state index contributed by atoms with van der Waals surface area (Å²) in [4.78, 5) is 14.3. The number of carbonyl (C=O) groups excluding carboxylic acids is 1. The number of nitrogens with two attached hydrogens (primary N) is 1. The molecule has 1 saturated heterocycles. The first-order chi connectivity index (χ1) is 9.24. The fraction of sp³-hybridized carbons (Fsp3) is 0.562. The molecule has 104 valence electrons. The highest BCUT2D eigenvalue weighted by atomic mass is 16.2. The smallest absolute Gasteiger partial charge is 0.253 e. The van der Waals surface area contributed by atoms with E-state index in [4.69, 9.17) is 5.73 Å². The third kappa shape index (κ3) is 3.57. The number of benzene rings is 1. The highest BCUT2D eigenvalue weighted by Gasteiger charge is 2.22. The van der Waals surface area contributed by atoms with E-state index in [0.29, 0.717) is 5.92 Å². The number of likely N-dealkylation sites (tertiary alicyclic amines) is 1. The molecular formula is C16H24N2O. The minimum absolute atomic E-state index is 0.175. The number of hydrogen-bond acceptors (Lipinski definition) is 2. The van der Waals surface area contributed by atoms with Crippen LogP contribution in [0.5, 0.6) is 0 Å². The van der Waals surface area contributed by atoms with E-state index in [1.54, 1.807) is 0 Å². The van der Waals surface area contributed by atoms with Gasteiger partial charge in [-0.05, 0) is 55.8 Å². The molecule has 3 nitrogen and oxygen atoms in total. The van der Waals surface area contributed by atoms with Gasteiger partial charge in [0.25, 0.3) is 5.91 Å². The largest absolute Gasteiger partial charge is 0.339 e. The van der Waals surface area contributed by atoms with Gasteiger partial charge >= 0.3 is 0 Å². The van der Waals surface area contributed by atoms with Crippen molar-refractivity contribution >= 4 is 5.91 Å². The molecule has 0 saturated carbocycles. The third-order valence-electron chi connectivity index (χ3n) is 4.09. The number of nitrogens with zero attached hydrogens (tertiary/aromatic N) is 1. The van der Waals surface area contributed by atoms with Crippen LogP contribution < -0.4 is 5.73 Å². The molecule has 0 aromatic heterocycles. The fourth-order valence-corrected chi connectivity index (χ4v) is 2.73. The molecule has 2 rings (SSSR count). The molecule has 1 aliphatic heterocycles. The van der Waals surface area contributed by atoms with Gasteiger partial charge in [0, 0.05) is 18.7 Å². The van der Waals surface area contributed by atoms with E-state index >= 15 is 0 Å². The van der Waals surface area contributed by atoms with E-state index in [1.165, 1.54) is 5.56 Å². The van der Waals surface area contributed by atoms with E-state index in [2.05, 4.69) is 19.1 Å². The third-order valence-corrected chi connectivity index (χ3v) is 4.09. The summed E-state index contributed by atoms with van der Waals surface area (Å²) in [7, 11) is 0. The second-order valence-electron chi connectivity index (χ2n) is 5.36. The summed E-state index contributed by atoms with van der Waals surface area (Å²) in [5.74, 6) is 0.880. The summed E-state index contributed by atoms with van der Waals surface area (Å²) >= 11 is 0. The first-order valence-corrected chi connectivity index (χ1v) is 7.33. The summed E-state index contributed by atoms with van der Waals surface area (Å²) in [5.41, 5.74) is 7.68. The van der Waals surface area contributed by atoms with E-state index in [0.717, 1.165) is 50.9 Å². The van der Waals surface area contributed by atoms with Gasteiger partial charge < -0.3 is 10.6 Å². The van der Waals surface area contributed by atoms with Crippen molar-refractivity contribution in [3.63, 3.8) is 0 Å². The SMILES string of the molecule is CCc1ccc(C(=O)N2CCC(CCN)CC2)cc1. The average molecular weight is 260 g/mol. The molecule has 0 aliphatic carbocycles. The van der Waals surface area contributed by atoms with Gasteiger partial charge in [0.15, 0.2) is 0 Å². The zero-order chi connectivity index (χ0) is 13.7. The zero-order valence-electron chi connectivity index (χ0n) is 11.8. The Morgan fingerprint density at radius 1 is 1.26 bits per heavy atom. The molecule has 0 radical (unpaired) electrons. The molecule has 1 aromatic carbocycles. The van der Waals surface area contributed by atoms with Crippen LogP contribution in [0, 0.1) is 5.92 Å². The van der Waals surface area contributed by atoms with Crippen LogP contribution in [0.4, 0.5) is 0 Å². The summed E-state index contributed by atoms with van der Waals surface area (Å²) in [6, 6.07) is 8.00. The van der Waals surface area contributed by atoms with Crippen molar-refractivity contribution in [3.05, 3.63) is 35.4 Å². The van der Waals surface area contributed by atoms with Crippen molar-refractivity contribution in [1.82, 2.24) is 4.90 Å². The van der Waals surface area contributed by atoms with Crippen LogP contribution in [-0.2, 0) is 6.42 Å². The monoisotopic (exact) mass is 260 g/mol. The van der Waals surface area contributed by atoms with Crippen molar-refractivity contribution in [2.45, 2.75) is 32.6 Å². The summed E-state index contributed by atoms with van der Waals surface area (Å²) < 4.78 is 0. The molecule has 1 heterocycles. The minimum atomic E-state index is 0.175. The van der Waals surface area contributed by atoms with Crippen LogP contribution in [0.1, 0.15) is 42.1 Å². The molecule has 1 aliphatic rings. The van der Waals surface area contributed by atoms with Crippen molar-refractivity contribution in [1.29, 1.82) is 0 Å². The molecule has 3 heteroatoms. The first-order valence-electron chi connectivity index (χ1n) is 7.33. The van der Waals surface area contributed by atoms with Crippen LogP contribution in [0.15, 0.2) is 24.3 Å². The van der Waals surface area contributed by atoms with E-state index < -0.39 is 0 Å². The maximum absolute atomic E-state index is 12.4. The average Bonchev–Trinajstić information content (AvgIpc) is 2.48. The molecule has 0 spiro atoms. The molecule has 1 aromatic rings. The van der Waals surface area contributed by atoms with E-state index in [9.17, 15) is 4.79 Å². The molecule has 2 N–H and O–H groups in total. The van der Waals surface area contributed by atoms with E-state index in [-0.39, 0.29) is 5.91 Å².